The van der Waals surface area contributed by atoms with Gasteiger partial charge in [-0.25, -0.2) is 0 Å². The van der Waals surface area contributed by atoms with Crippen LogP contribution in [0, 0.1) is 21.8 Å². The van der Waals surface area contributed by atoms with Crippen LogP contribution >= 0.6 is 47.1 Å². The number of hydrogen-bond acceptors (Lipinski definition) is 4. The van der Waals surface area contributed by atoms with Crippen LogP contribution in [0.1, 0.15) is 11.1 Å². The first kappa shape index (κ1) is 15.9. The van der Waals surface area contributed by atoms with E-state index in [1.165, 1.54) is 11.1 Å². The second-order valence-electron chi connectivity index (χ2n) is 5.69. The molecule has 0 fully saturated rings. The number of aryl methyl sites for hydroxylation is 2. The smallest absolute Gasteiger partial charge is 0.168 e. The van der Waals surface area contributed by atoms with E-state index in [4.69, 9.17) is 24.4 Å². The van der Waals surface area contributed by atoms with Crippen molar-refractivity contribution in [2.24, 2.45) is 0 Å². The average Bonchev–Trinajstić information content (AvgIpc) is 3.02. The minimum absolute atomic E-state index is 0.843. The van der Waals surface area contributed by atoms with Crippen molar-refractivity contribution in [2.45, 2.75) is 13.8 Å². The number of aromatic nitrogens is 2. The van der Waals surface area contributed by atoms with Crippen LogP contribution in [0.5, 0.6) is 0 Å². The first-order valence-corrected chi connectivity index (χ1v) is 9.91. The van der Waals surface area contributed by atoms with Crippen LogP contribution in [0.2, 0.25) is 0 Å². The lowest BCUT2D eigenvalue weighted by Gasteiger charge is -2.09. The van der Waals surface area contributed by atoms with Crippen LogP contribution in [0.3, 0.4) is 0 Å². The fourth-order valence-corrected chi connectivity index (χ4v) is 5.93. The predicted octanol–water partition coefficient (Wildman–Crippen LogP) is 6.62. The van der Waals surface area contributed by atoms with E-state index in [-0.39, 0.29) is 0 Å². The Balaban J connectivity index is 2.06. The molecule has 0 spiro atoms. The zero-order chi connectivity index (χ0) is 16.8. The highest BCUT2D eigenvalue weighted by atomic mass is 32.2. The van der Waals surface area contributed by atoms with Crippen molar-refractivity contribution in [3.8, 4) is 11.4 Å². The molecule has 0 saturated heterocycles. The fourth-order valence-electron chi connectivity index (χ4n) is 2.66. The number of thiazole rings is 2. The molecule has 0 atom stereocenters. The number of nitrogens with zero attached hydrogens (tertiary/aromatic N) is 2. The number of hydrogen-bond donors (Lipinski definition) is 0. The summed E-state index contributed by atoms with van der Waals surface area (Å²) in [5, 5.41) is 0. The maximum Gasteiger partial charge on any atom is 0.168 e. The highest BCUT2D eigenvalue weighted by molar-refractivity contribution is 7.75. The maximum absolute atomic E-state index is 5.64. The molecule has 0 radical (unpaired) electrons. The van der Waals surface area contributed by atoms with E-state index in [1.54, 1.807) is 22.7 Å². The Hall–Kier alpha value is -1.60. The van der Waals surface area contributed by atoms with Crippen LogP contribution in [0.4, 0.5) is 0 Å². The molecule has 2 aromatic carbocycles. The van der Waals surface area contributed by atoms with Crippen molar-refractivity contribution in [2.75, 3.05) is 0 Å². The van der Waals surface area contributed by atoms with Crippen LogP contribution in [-0.4, -0.2) is 9.13 Å². The standard InChI is InChI=1S/C18H14N2S4/c1-11-3-7-13(8-4-11)19-15-16(23-17(19)21)24-18(22)20(15)14-9-5-12(2)6-10-14/h3-10H,1-2H3. The largest absolute Gasteiger partial charge is 0.276 e. The molecule has 0 bridgehead atoms. The molecule has 0 saturated carbocycles. The highest BCUT2D eigenvalue weighted by Crippen LogP contribution is 2.34. The van der Waals surface area contributed by atoms with Crippen molar-refractivity contribution >= 4 is 56.8 Å². The van der Waals surface area contributed by atoms with Gasteiger partial charge in [-0.3, -0.25) is 9.13 Å². The highest BCUT2D eigenvalue weighted by Gasteiger charge is 2.16. The van der Waals surface area contributed by atoms with Crippen LogP contribution in [0.25, 0.3) is 21.0 Å². The lowest BCUT2D eigenvalue weighted by atomic mass is 10.2. The first-order chi connectivity index (χ1) is 11.5. The predicted molar refractivity (Wildman–Crippen MR) is 109 cm³/mol. The molecule has 2 nitrogen and oxygen atoms in total. The van der Waals surface area contributed by atoms with Gasteiger partial charge in [-0.1, -0.05) is 58.1 Å². The molecule has 0 unspecified atom stereocenters. The minimum Gasteiger partial charge on any atom is -0.276 e. The van der Waals surface area contributed by atoms with Gasteiger partial charge in [0, 0.05) is 11.4 Å². The summed E-state index contributed by atoms with van der Waals surface area (Å²) >= 11 is 14.5. The summed E-state index contributed by atoms with van der Waals surface area (Å²) in [6, 6.07) is 16.9. The fraction of sp³-hybridized carbons (Fsp3) is 0.111. The quantitative estimate of drug-likeness (QED) is 0.358. The molecule has 0 aliphatic rings. The molecule has 2 heterocycles. The van der Waals surface area contributed by atoms with Gasteiger partial charge in [-0.05, 0) is 62.5 Å². The number of fused-ring (bicyclic) bond motifs is 1. The van der Waals surface area contributed by atoms with Gasteiger partial charge in [0.15, 0.2) is 13.6 Å². The summed E-state index contributed by atoms with van der Waals surface area (Å²) in [5.41, 5.74) is 5.68. The second kappa shape index (κ2) is 6.04. The minimum atomic E-state index is 0.843. The summed E-state index contributed by atoms with van der Waals surface area (Å²) in [6.07, 6.45) is 0. The Kier molecular flexibility index (Phi) is 4.00. The summed E-state index contributed by atoms with van der Waals surface area (Å²) in [5.74, 6) is 0. The van der Waals surface area contributed by atoms with Gasteiger partial charge in [-0.2, -0.15) is 0 Å². The van der Waals surface area contributed by atoms with Crippen molar-refractivity contribution in [3.05, 3.63) is 67.6 Å². The number of rotatable bonds is 2. The third-order valence-corrected chi connectivity index (χ3v) is 6.73. The van der Waals surface area contributed by atoms with E-state index in [1.807, 2.05) is 0 Å². The Morgan fingerprint density at radius 3 is 1.42 bits per heavy atom. The van der Waals surface area contributed by atoms with E-state index in [0.717, 1.165) is 28.9 Å². The van der Waals surface area contributed by atoms with E-state index < -0.39 is 0 Å². The molecule has 24 heavy (non-hydrogen) atoms. The van der Waals surface area contributed by atoms with Gasteiger partial charge in [0.05, 0.1) is 0 Å². The molecule has 0 aliphatic carbocycles. The molecule has 0 N–H and O–H groups in total. The average molecular weight is 387 g/mol. The van der Waals surface area contributed by atoms with Crippen molar-refractivity contribution in [3.63, 3.8) is 0 Å². The molecule has 0 aliphatic heterocycles. The molecular weight excluding hydrogens is 372 g/mol. The maximum atomic E-state index is 5.64. The van der Waals surface area contributed by atoms with Gasteiger partial charge in [0.25, 0.3) is 0 Å². The molecule has 6 heteroatoms. The zero-order valence-electron chi connectivity index (χ0n) is 13.1. The monoisotopic (exact) mass is 386 g/mol. The Morgan fingerprint density at radius 1 is 0.667 bits per heavy atom. The van der Waals surface area contributed by atoms with Gasteiger partial charge in [0.2, 0.25) is 0 Å². The van der Waals surface area contributed by atoms with E-state index >= 15 is 0 Å². The van der Waals surface area contributed by atoms with Crippen LogP contribution in [-0.2, 0) is 0 Å². The Bertz CT molecular complexity index is 1050. The summed E-state index contributed by atoms with van der Waals surface area (Å²) in [4.78, 5) is 0. The van der Waals surface area contributed by atoms with Gasteiger partial charge in [-0.15, -0.1) is 0 Å². The molecule has 2 aromatic heterocycles. The zero-order valence-corrected chi connectivity index (χ0v) is 16.4. The molecular formula is C18H14N2S4. The van der Waals surface area contributed by atoms with E-state index in [2.05, 4.69) is 71.5 Å². The summed E-state index contributed by atoms with van der Waals surface area (Å²) < 4.78 is 7.10. The van der Waals surface area contributed by atoms with Gasteiger partial charge < -0.3 is 0 Å². The SMILES string of the molecule is Cc1ccc(-n2c(=S)sc3sc(=S)n(-c4ccc(C)cc4)c32)cc1. The molecule has 120 valence electrons. The summed E-state index contributed by atoms with van der Waals surface area (Å²) in [6.45, 7) is 4.18. The van der Waals surface area contributed by atoms with E-state index in [9.17, 15) is 0 Å². The Labute approximate surface area is 158 Å². The number of benzene rings is 2. The Morgan fingerprint density at radius 2 is 1.04 bits per heavy atom. The van der Waals surface area contributed by atoms with Gasteiger partial charge >= 0.3 is 0 Å². The summed E-state index contributed by atoms with van der Waals surface area (Å²) in [7, 11) is 0. The normalized spacial score (nSPS) is 11.2. The first-order valence-electron chi connectivity index (χ1n) is 7.46. The van der Waals surface area contributed by atoms with E-state index in [0.29, 0.717) is 0 Å². The third kappa shape index (κ3) is 2.59. The van der Waals surface area contributed by atoms with Crippen molar-refractivity contribution in [1.29, 1.82) is 0 Å². The molecule has 4 rings (SSSR count). The molecule has 0 amide bonds. The van der Waals surface area contributed by atoms with Crippen molar-refractivity contribution < 1.29 is 0 Å². The van der Waals surface area contributed by atoms with Crippen molar-refractivity contribution in [1.82, 2.24) is 9.13 Å². The lowest BCUT2D eigenvalue weighted by molar-refractivity contribution is 1.01. The molecule has 4 aromatic rings. The lowest BCUT2D eigenvalue weighted by Crippen LogP contribution is -2.01. The second-order valence-corrected chi connectivity index (χ2v) is 9.24. The topological polar surface area (TPSA) is 9.86 Å². The van der Waals surface area contributed by atoms with Crippen LogP contribution in [0.15, 0.2) is 48.5 Å². The van der Waals surface area contributed by atoms with Crippen LogP contribution < -0.4 is 0 Å². The van der Waals surface area contributed by atoms with Gasteiger partial charge in [0.1, 0.15) is 4.01 Å². The third-order valence-electron chi connectivity index (χ3n) is 3.92.